The van der Waals surface area contributed by atoms with E-state index in [1.165, 1.54) is 6.42 Å². The largest absolute Gasteiger partial charge is 0.329 e. The van der Waals surface area contributed by atoms with Crippen molar-refractivity contribution in [2.45, 2.75) is 18.6 Å². The van der Waals surface area contributed by atoms with Gasteiger partial charge in [-0.1, -0.05) is 6.92 Å². The zero-order valence-electron chi connectivity index (χ0n) is 6.89. The van der Waals surface area contributed by atoms with E-state index in [1.807, 2.05) is 11.8 Å². The highest BCUT2D eigenvalue weighted by Crippen LogP contribution is 2.07. The first-order valence-electron chi connectivity index (χ1n) is 3.74. The zero-order valence-corrected chi connectivity index (χ0v) is 7.71. The van der Waals surface area contributed by atoms with Crippen molar-refractivity contribution < 1.29 is 0 Å². The summed E-state index contributed by atoms with van der Waals surface area (Å²) in [5.41, 5.74) is 5.31. The number of rotatable bonds is 6. The summed E-state index contributed by atoms with van der Waals surface area (Å²) >= 11 is 1.91. The van der Waals surface area contributed by atoms with Gasteiger partial charge in [-0.15, -0.1) is 0 Å². The molecule has 0 saturated carbocycles. The van der Waals surface area contributed by atoms with Crippen LogP contribution in [0.25, 0.3) is 0 Å². The summed E-state index contributed by atoms with van der Waals surface area (Å²) in [6.07, 6.45) is 3.38. The van der Waals surface area contributed by atoms with E-state index in [9.17, 15) is 0 Å². The SMILES string of the molecule is CSC(C)CCNCCN. The molecule has 0 saturated heterocycles. The van der Waals surface area contributed by atoms with Crippen LogP contribution in [0.4, 0.5) is 0 Å². The monoisotopic (exact) mass is 162 g/mol. The molecule has 0 aliphatic carbocycles. The van der Waals surface area contributed by atoms with E-state index < -0.39 is 0 Å². The van der Waals surface area contributed by atoms with Gasteiger partial charge in [0.2, 0.25) is 0 Å². The molecule has 1 atom stereocenters. The van der Waals surface area contributed by atoms with Crippen LogP contribution in [-0.4, -0.2) is 31.1 Å². The van der Waals surface area contributed by atoms with Crippen molar-refractivity contribution in [3.05, 3.63) is 0 Å². The molecule has 3 heteroatoms. The topological polar surface area (TPSA) is 38.0 Å². The summed E-state index contributed by atoms with van der Waals surface area (Å²) in [4.78, 5) is 0. The standard InChI is InChI=1S/C7H18N2S/c1-7(10-2)3-5-9-6-4-8/h7,9H,3-6,8H2,1-2H3. The fraction of sp³-hybridized carbons (Fsp3) is 1.00. The Morgan fingerprint density at radius 2 is 2.20 bits per heavy atom. The van der Waals surface area contributed by atoms with Gasteiger partial charge < -0.3 is 11.1 Å². The van der Waals surface area contributed by atoms with Crippen molar-refractivity contribution in [1.29, 1.82) is 0 Å². The van der Waals surface area contributed by atoms with Crippen LogP contribution in [0.5, 0.6) is 0 Å². The molecule has 0 bridgehead atoms. The van der Waals surface area contributed by atoms with Crippen molar-refractivity contribution in [2.75, 3.05) is 25.9 Å². The molecule has 0 radical (unpaired) electrons. The highest BCUT2D eigenvalue weighted by molar-refractivity contribution is 7.99. The Morgan fingerprint density at radius 1 is 1.50 bits per heavy atom. The minimum absolute atomic E-state index is 0.744. The third-order valence-corrected chi connectivity index (χ3v) is 2.49. The molecule has 0 aromatic rings. The molecule has 0 aliphatic heterocycles. The Kier molecular flexibility index (Phi) is 7.58. The van der Waals surface area contributed by atoms with Crippen molar-refractivity contribution in [3.63, 3.8) is 0 Å². The van der Waals surface area contributed by atoms with Crippen LogP contribution in [0.2, 0.25) is 0 Å². The first kappa shape index (κ1) is 10.3. The average molecular weight is 162 g/mol. The Labute approximate surface area is 67.9 Å². The lowest BCUT2D eigenvalue weighted by molar-refractivity contribution is 0.652. The van der Waals surface area contributed by atoms with Gasteiger partial charge in [-0.3, -0.25) is 0 Å². The highest BCUT2D eigenvalue weighted by atomic mass is 32.2. The lowest BCUT2D eigenvalue weighted by atomic mass is 10.3. The molecule has 0 rings (SSSR count). The molecule has 0 spiro atoms. The van der Waals surface area contributed by atoms with Gasteiger partial charge in [0.1, 0.15) is 0 Å². The Morgan fingerprint density at radius 3 is 2.70 bits per heavy atom. The molecule has 10 heavy (non-hydrogen) atoms. The highest BCUT2D eigenvalue weighted by Gasteiger charge is 1.96. The molecule has 0 aromatic carbocycles. The molecule has 0 aliphatic rings. The van der Waals surface area contributed by atoms with Crippen LogP contribution < -0.4 is 11.1 Å². The summed E-state index contributed by atoms with van der Waals surface area (Å²) in [6.45, 7) is 5.03. The molecule has 0 amide bonds. The molecular weight excluding hydrogens is 144 g/mol. The lowest BCUT2D eigenvalue weighted by Crippen LogP contribution is -2.24. The molecule has 1 unspecified atom stereocenters. The third-order valence-electron chi connectivity index (χ3n) is 1.45. The van der Waals surface area contributed by atoms with E-state index in [0.29, 0.717) is 0 Å². The fourth-order valence-electron chi connectivity index (χ4n) is 0.650. The first-order chi connectivity index (χ1) is 4.81. The van der Waals surface area contributed by atoms with Crippen LogP contribution >= 0.6 is 11.8 Å². The van der Waals surface area contributed by atoms with Gasteiger partial charge in [0.25, 0.3) is 0 Å². The number of hydrogen-bond acceptors (Lipinski definition) is 3. The Hall–Kier alpha value is 0.270. The minimum atomic E-state index is 0.744. The smallest absolute Gasteiger partial charge is 0.00745 e. The first-order valence-corrected chi connectivity index (χ1v) is 5.03. The third kappa shape index (κ3) is 6.39. The van der Waals surface area contributed by atoms with E-state index in [2.05, 4.69) is 18.5 Å². The van der Waals surface area contributed by atoms with Crippen molar-refractivity contribution >= 4 is 11.8 Å². The van der Waals surface area contributed by atoms with Gasteiger partial charge in [0.15, 0.2) is 0 Å². The summed E-state index contributed by atoms with van der Waals surface area (Å²) < 4.78 is 0. The molecular formula is C7H18N2S. The number of thioether (sulfide) groups is 1. The van der Waals surface area contributed by atoms with Crippen LogP contribution in [0.1, 0.15) is 13.3 Å². The van der Waals surface area contributed by atoms with E-state index in [4.69, 9.17) is 5.73 Å². The summed E-state index contributed by atoms with van der Waals surface area (Å²) in [7, 11) is 0. The quantitative estimate of drug-likeness (QED) is 0.564. The van der Waals surface area contributed by atoms with Crippen LogP contribution in [0.3, 0.4) is 0 Å². The average Bonchev–Trinajstić information content (AvgIpc) is 1.98. The van der Waals surface area contributed by atoms with Crippen LogP contribution in [0.15, 0.2) is 0 Å². The van der Waals surface area contributed by atoms with E-state index in [0.717, 1.165) is 24.9 Å². The molecule has 2 nitrogen and oxygen atoms in total. The summed E-state index contributed by atoms with van der Waals surface area (Å²) in [5, 5.41) is 4.03. The maximum Gasteiger partial charge on any atom is 0.00745 e. The fourth-order valence-corrected chi connectivity index (χ4v) is 1.00. The maximum absolute atomic E-state index is 5.31. The van der Waals surface area contributed by atoms with Crippen LogP contribution in [-0.2, 0) is 0 Å². The molecule has 0 heterocycles. The van der Waals surface area contributed by atoms with Gasteiger partial charge >= 0.3 is 0 Å². The predicted octanol–water partition coefficient (Wildman–Crippen LogP) is 0.676. The maximum atomic E-state index is 5.31. The Bertz CT molecular complexity index is 68.6. The van der Waals surface area contributed by atoms with Gasteiger partial charge in [-0.05, 0) is 19.2 Å². The number of nitrogens with two attached hydrogens (primary N) is 1. The van der Waals surface area contributed by atoms with E-state index >= 15 is 0 Å². The number of hydrogen-bond donors (Lipinski definition) is 2. The second-order valence-corrected chi connectivity index (χ2v) is 3.65. The van der Waals surface area contributed by atoms with Gasteiger partial charge in [0, 0.05) is 18.3 Å². The van der Waals surface area contributed by atoms with Crippen LogP contribution in [0, 0.1) is 0 Å². The lowest BCUT2D eigenvalue weighted by Gasteiger charge is -2.07. The number of nitrogens with one attached hydrogen (secondary N) is 1. The normalized spacial score (nSPS) is 13.5. The minimum Gasteiger partial charge on any atom is -0.329 e. The Balaban J connectivity index is 2.89. The van der Waals surface area contributed by atoms with Crippen molar-refractivity contribution in [1.82, 2.24) is 5.32 Å². The molecule has 62 valence electrons. The summed E-state index contributed by atoms with van der Waals surface area (Å²) in [5.74, 6) is 0. The van der Waals surface area contributed by atoms with Gasteiger partial charge in [-0.25, -0.2) is 0 Å². The molecule has 3 N–H and O–H groups in total. The van der Waals surface area contributed by atoms with Gasteiger partial charge in [0.05, 0.1) is 0 Å². The van der Waals surface area contributed by atoms with Crippen molar-refractivity contribution in [2.24, 2.45) is 5.73 Å². The second-order valence-electron chi connectivity index (χ2n) is 2.37. The molecule has 0 aromatic heterocycles. The second kappa shape index (κ2) is 7.38. The zero-order chi connectivity index (χ0) is 7.82. The van der Waals surface area contributed by atoms with Crippen molar-refractivity contribution in [3.8, 4) is 0 Å². The van der Waals surface area contributed by atoms with E-state index in [-0.39, 0.29) is 0 Å². The van der Waals surface area contributed by atoms with Gasteiger partial charge in [-0.2, -0.15) is 11.8 Å². The molecule has 0 fully saturated rings. The van der Waals surface area contributed by atoms with E-state index in [1.54, 1.807) is 0 Å². The summed E-state index contributed by atoms with van der Waals surface area (Å²) in [6, 6.07) is 0. The predicted molar refractivity (Wildman–Crippen MR) is 49.5 cm³/mol.